The van der Waals surface area contributed by atoms with Gasteiger partial charge in [-0.2, -0.15) is 0 Å². The lowest BCUT2D eigenvalue weighted by Crippen LogP contribution is -2.69. The Labute approximate surface area is 589 Å². The molecule has 0 saturated carbocycles. The molecule has 44 nitrogen and oxygen atoms in total. The van der Waals surface area contributed by atoms with Crippen molar-refractivity contribution >= 4 is 35.6 Å². The van der Waals surface area contributed by atoms with E-state index >= 15 is 0 Å². The fourth-order valence-corrected chi connectivity index (χ4v) is 12.0. The second-order valence-corrected chi connectivity index (χ2v) is 25.4. The summed E-state index contributed by atoms with van der Waals surface area (Å²) in [4.78, 5) is 79.0. The lowest BCUT2D eigenvalue weighted by molar-refractivity contribution is -0.392. The van der Waals surface area contributed by atoms with Crippen LogP contribution in [0.5, 0.6) is 0 Å². The van der Waals surface area contributed by atoms with Crippen molar-refractivity contribution in [2.24, 2.45) is 0 Å². The van der Waals surface area contributed by atoms with E-state index in [4.69, 9.17) is 80.5 Å². The van der Waals surface area contributed by atoms with Crippen molar-refractivity contribution in [2.75, 3.05) is 65.9 Å². The monoisotopic (exact) mass is 1510 g/mol. The minimum Gasteiger partial charge on any atom is -0.460 e. The van der Waals surface area contributed by atoms with Gasteiger partial charge in [0, 0.05) is 16.7 Å². The van der Waals surface area contributed by atoms with Crippen LogP contribution in [0.15, 0.2) is 36.5 Å². The highest BCUT2D eigenvalue weighted by molar-refractivity contribution is 5.88. The molecule has 0 aromatic heterocycles. The predicted molar refractivity (Wildman–Crippen MR) is 324 cm³/mol. The molecule has 44 heteroatoms. The average Bonchev–Trinajstić information content (AvgIpc) is 0.773. The third-order valence-electron chi connectivity index (χ3n) is 17.7. The molecule has 592 valence electrons. The summed E-state index contributed by atoms with van der Waals surface area (Å²) in [6.45, 7) is 6.26. The van der Waals surface area contributed by atoms with Gasteiger partial charge in [0.25, 0.3) is 17.7 Å². The van der Waals surface area contributed by atoms with Gasteiger partial charge in [-0.3, -0.25) is 14.4 Å². The normalized spacial score (nSPS) is 43.5. The van der Waals surface area contributed by atoms with Crippen LogP contribution in [0.1, 0.15) is 20.8 Å². The number of aliphatic hydroxyl groups excluding tert-OH is 18. The first-order chi connectivity index (χ1) is 49.2. The van der Waals surface area contributed by atoms with Crippen molar-refractivity contribution in [3.8, 4) is 0 Å². The maximum Gasteiger partial charge on any atom is 0.333 e. The Morgan fingerprint density at radius 3 is 0.635 bits per heavy atom. The predicted octanol–water partition coefficient (Wildman–Crippen LogP) is -14.5. The molecule has 21 heterocycles. The molecular weight excluding hydrogens is 1420 g/mol. The molecule has 35 atom stereocenters. The van der Waals surface area contributed by atoms with E-state index in [-0.39, 0.29) is 16.7 Å². The van der Waals surface area contributed by atoms with Crippen molar-refractivity contribution in [2.45, 2.75) is 236 Å². The first kappa shape index (κ1) is 84.4. The third-order valence-corrected chi connectivity index (χ3v) is 17.7. The quantitative estimate of drug-likeness (QED) is 0.0247. The van der Waals surface area contributed by atoms with Crippen molar-refractivity contribution in [3.63, 3.8) is 0 Å². The van der Waals surface area contributed by atoms with Crippen LogP contribution in [0.3, 0.4) is 0 Å². The highest BCUT2D eigenvalue weighted by Gasteiger charge is 2.61. The van der Waals surface area contributed by atoms with Crippen LogP contribution in [-0.2, 0) is 109 Å². The Morgan fingerprint density at radius 2 is 0.452 bits per heavy atom. The van der Waals surface area contributed by atoms with Gasteiger partial charge >= 0.3 is 17.9 Å². The molecule has 14 bridgehead atoms. The van der Waals surface area contributed by atoms with Crippen molar-refractivity contribution < 1.29 is 201 Å². The molecule has 3 amide bonds. The number of rotatable bonds is 19. The van der Waals surface area contributed by atoms with Gasteiger partial charge < -0.3 is 188 Å². The number of hydrogen-bond acceptors (Lipinski definition) is 41. The van der Waals surface area contributed by atoms with Gasteiger partial charge in [0.2, 0.25) is 0 Å². The summed E-state index contributed by atoms with van der Waals surface area (Å²) in [5, 5.41) is 214. The van der Waals surface area contributed by atoms with E-state index in [1.54, 1.807) is 0 Å². The smallest absolute Gasteiger partial charge is 0.333 e. The number of carbonyl (C=O) groups excluding carboxylic acids is 6. The first-order valence-corrected chi connectivity index (χ1v) is 32.6. The van der Waals surface area contributed by atoms with Crippen LogP contribution < -0.4 is 16.0 Å². The van der Waals surface area contributed by atoms with Crippen LogP contribution in [0.2, 0.25) is 0 Å². The summed E-state index contributed by atoms with van der Waals surface area (Å²) in [6, 6.07) is 0. The number of hydrogen-bond donors (Lipinski definition) is 21. The van der Waals surface area contributed by atoms with Crippen LogP contribution in [0.4, 0.5) is 0 Å². The average molecular weight is 1510 g/mol. The number of aliphatic hydroxyl groups is 18. The summed E-state index contributed by atoms with van der Waals surface area (Å²) in [6.07, 6.45) is -80.3. The zero-order chi connectivity index (χ0) is 76.6. The zero-order valence-corrected chi connectivity index (χ0v) is 55.8. The molecule has 0 radical (unpaired) electrons. The van der Waals surface area contributed by atoms with E-state index in [0.29, 0.717) is 0 Å². The van der Waals surface area contributed by atoms with E-state index in [0.717, 1.165) is 0 Å². The van der Waals surface area contributed by atoms with E-state index < -0.39 is 316 Å². The van der Waals surface area contributed by atoms with E-state index in [2.05, 4.69) is 35.7 Å². The molecule has 0 spiro atoms. The highest BCUT2D eigenvalue weighted by Crippen LogP contribution is 2.39. The van der Waals surface area contributed by atoms with Crippen LogP contribution in [0.25, 0.3) is 0 Å². The van der Waals surface area contributed by atoms with Crippen LogP contribution in [0, 0.1) is 0 Å². The number of carbonyl (C=O) groups is 6. The van der Waals surface area contributed by atoms with Gasteiger partial charge in [-0.25, -0.2) is 14.4 Å². The van der Waals surface area contributed by atoms with Gasteiger partial charge in [-0.05, 0) is 20.8 Å². The molecule has 21 fully saturated rings. The molecule has 21 unspecified atom stereocenters. The summed E-state index contributed by atoms with van der Waals surface area (Å²) >= 11 is 0. The second kappa shape index (κ2) is 37.2. The van der Waals surface area contributed by atoms with E-state index in [1.807, 2.05) is 0 Å². The fourth-order valence-electron chi connectivity index (χ4n) is 12.0. The summed E-state index contributed by atoms with van der Waals surface area (Å²) in [7, 11) is 0. The maximum atomic E-state index is 14.2. The maximum absolute atomic E-state index is 14.2. The molecule has 21 aliphatic heterocycles. The summed E-state index contributed by atoms with van der Waals surface area (Å²) in [5.41, 5.74) is -0.124. The molecule has 0 aromatic rings. The Morgan fingerprint density at radius 1 is 0.279 bits per heavy atom. The number of esters is 3. The van der Waals surface area contributed by atoms with Gasteiger partial charge in [0.1, 0.15) is 172 Å². The standard InChI is InChI=1S/C60H91N3O41/c1-17(2)51(85)88-10-7-61-48(82)45-42-29(73)36(80)59(103-45)97-40-22(15-66)94-57(34(78)27(40)71)101-44-30(74)37(81)60(104-47(44)50(84)63-9-12-90-53(87)19(5)6)98-41-23(16-67)93-56(33(77)26(41)70)100-43-28(72)35(79)58(102-46(43)49(83)62-8-11-89-52(86)18(3)4)96-39-21(14-65)91-54(31(75)24(39)68)95-38-20(13-64)92-55(99-42)32(76)25(38)69/h20-47,54-60,64-81H,1,3,5,7-16H2,2,4,6H3,(H,61,82)(H,62,83)(H,63,84)/t20?,21?,22?,23?,24?,25?,26?,27?,28?,29?,30?,31?,32?,33?,34?,35?,36-,37-,38+,39+,40+,41+,42-,43-,44-,45?,46?,47?,54+,55+,56+,57+,58-,59?,60?/m0/s1. The fraction of sp³-hybridized carbons (Fsp3) is 0.800. The molecule has 0 aromatic carbocycles. The summed E-state index contributed by atoms with van der Waals surface area (Å²) < 4.78 is 96.4. The van der Waals surface area contributed by atoms with Gasteiger partial charge in [-0.1, -0.05) is 19.7 Å². The van der Waals surface area contributed by atoms with Crippen LogP contribution in [-0.4, -0.2) is 408 Å². The first-order valence-electron chi connectivity index (χ1n) is 32.6. The molecule has 21 aliphatic rings. The van der Waals surface area contributed by atoms with Crippen molar-refractivity contribution in [3.05, 3.63) is 36.5 Å². The topological polar surface area (TPSA) is 660 Å². The molecule has 21 saturated heterocycles. The number of ether oxygens (including phenoxy) is 17. The Balaban J connectivity index is 1.15. The van der Waals surface area contributed by atoms with Crippen molar-refractivity contribution in [1.29, 1.82) is 0 Å². The minimum atomic E-state index is -2.49. The van der Waals surface area contributed by atoms with Gasteiger partial charge in [0.05, 0.1) is 46.1 Å². The molecule has 21 N–H and O–H groups in total. The Kier molecular flexibility index (Phi) is 30.2. The SMILES string of the molecule is C=C(C)C(=O)OCCNC(=O)C1O[C@@H]2O[C@@H]3C(CO)O[C@H](O[C@@H]4C(CO)O[C@H](O[C@@H]5C(C(=O)NCCOC(=O)C(=C)C)OC(O[C@@H]6C(CO)O[C@H](O[C@@H]7C(C(=O)NCCOC(=O)C(=C)C)OC(O[C@@H]8C(CO)O[C@H](O[C@H]1C(O)C2O)C(O)C8O)[C@@H](O)C7O)C(O)C6O)[C@@H](O)C5O)C(O)C4O)C(O)C3O. The Bertz CT molecular complexity index is 2880. The molecule has 0 aliphatic carbocycles. The van der Waals surface area contributed by atoms with E-state index in [9.17, 15) is 121 Å². The largest absolute Gasteiger partial charge is 0.460 e. The minimum absolute atomic E-state index is 0.0394. The Hall–Kier alpha value is -5.24. The van der Waals surface area contributed by atoms with E-state index in [1.165, 1.54) is 20.8 Å². The van der Waals surface area contributed by atoms with Gasteiger partial charge in [0.15, 0.2) is 62.3 Å². The van der Waals surface area contributed by atoms with Crippen molar-refractivity contribution in [1.82, 2.24) is 16.0 Å². The van der Waals surface area contributed by atoms with Crippen LogP contribution >= 0.6 is 0 Å². The molecule has 104 heavy (non-hydrogen) atoms. The third kappa shape index (κ3) is 19.1. The number of nitrogens with one attached hydrogen (secondary N) is 3. The zero-order valence-electron chi connectivity index (χ0n) is 55.8. The number of amides is 3. The highest BCUT2D eigenvalue weighted by atomic mass is 16.8. The second-order valence-electron chi connectivity index (χ2n) is 25.4. The molecule has 21 rings (SSSR count). The lowest BCUT2D eigenvalue weighted by Gasteiger charge is -2.49. The summed E-state index contributed by atoms with van der Waals surface area (Å²) in [5.74, 6) is -6.56. The lowest BCUT2D eigenvalue weighted by atomic mass is 9.94. The molecular formula is C60H91N3O41. The van der Waals surface area contributed by atoms with Gasteiger partial charge in [-0.15, -0.1) is 0 Å².